The normalized spacial score (nSPS) is 10.2. The zero-order valence-corrected chi connectivity index (χ0v) is 11.5. The van der Waals surface area contributed by atoms with Crippen LogP contribution in [0.15, 0.2) is 60.7 Å². The summed E-state index contributed by atoms with van der Waals surface area (Å²) in [6.45, 7) is 4.13. The molecule has 19 heavy (non-hydrogen) atoms. The van der Waals surface area contributed by atoms with Gasteiger partial charge in [0.25, 0.3) is 0 Å². The molecule has 0 atom stereocenters. The molecule has 0 aliphatic heterocycles. The predicted molar refractivity (Wildman–Crippen MR) is 82.1 cm³/mol. The van der Waals surface area contributed by atoms with E-state index < -0.39 is 0 Å². The van der Waals surface area contributed by atoms with Gasteiger partial charge < -0.3 is 0 Å². The van der Waals surface area contributed by atoms with Crippen molar-refractivity contribution in [3.05, 3.63) is 82.9 Å². The molecule has 2 aromatic rings. The summed E-state index contributed by atoms with van der Waals surface area (Å²) in [5.74, 6) is 6.38. The molecule has 94 valence electrons. The maximum Gasteiger partial charge on any atom is 0.0249 e. The van der Waals surface area contributed by atoms with Crippen LogP contribution in [0.25, 0.3) is 0 Å². The fourth-order valence-corrected chi connectivity index (χ4v) is 1.76. The lowest BCUT2D eigenvalue weighted by Gasteiger charge is -1.96. The monoisotopic (exact) mass is 246 g/mol. The molecule has 0 spiro atoms. The molecule has 0 radical (unpaired) electrons. The van der Waals surface area contributed by atoms with Gasteiger partial charge in [-0.15, -0.1) is 0 Å². The topological polar surface area (TPSA) is 0 Å². The second-order valence-electron chi connectivity index (χ2n) is 4.59. The molecule has 0 nitrogen and oxygen atoms in total. The van der Waals surface area contributed by atoms with E-state index in [-0.39, 0.29) is 0 Å². The number of benzene rings is 2. The van der Waals surface area contributed by atoms with E-state index in [9.17, 15) is 0 Å². The van der Waals surface area contributed by atoms with Crippen molar-refractivity contribution in [2.45, 2.75) is 20.3 Å². The van der Waals surface area contributed by atoms with Crippen molar-refractivity contribution >= 4 is 0 Å². The third-order valence-corrected chi connectivity index (χ3v) is 2.95. The van der Waals surface area contributed by atoms with Crippen LogP contribution in [0.3, 0.4) is 0 Å². The Morgan fingerprint density at radius 1 is 0.842 bits per heavy atom. The van der Waals surface area contributed by atoms with Gasteiger partial charge in [-0.25, -0.2) is 0 Å². The van der Waals surface area contributed by atoms with Crippen LogP contribution in [0, 0.1) is 18.8 Å². The smallest absolute Gasteiger partial charge is 0.0249 e. The van der Waals surface area contributed by atoms with Crippen LogP contribution in [0.2, 0.25) is 0 Å². The summed E-state index contributed by atoms with van der Waals surface area (Å²) < 4.78 is 0. The minimum Gasteiger partial charge on any atom is -0.0913 e. The lowest BCUT2D eigenvalue weighted by Crippen LogP contribution is -1.82. The average Bonchev–Trinajstić information content (AvgIpc) is 2.46. The Balaban J connectivity index is 2.09. The maximum atomic E-state index is 3.20. The minimum absolute atomic E-state index is 0.988. The Morgan fingerprint density at radius 3 is 1.89 bits per heavy atom. The number of rotatable bonds is 2. The third kappa shape index (κ3) is 4.16. The number of aryl methyl sites for hydroxylation is 1. The van der Waals surface area contributed by atoms with Crippen LogP contribution < -0.4 is 0 Å². The fourth-order valence-electron chi connectivity index (χ4n) is 1.76. The third-order valence-electron chi connectivity index (χ3n) is 2.95. The van der Waals surface area contributed by atoms with Gasteiger partial charge in [-0.3, -0.25) is 0 Å². The summed E-state index contributed by atoms with van der Waals surface area (Å²) in [6, 6.07) is 16.7. The molecular weight excluding hydrogens is 228 g/mol. The van der Waals surface area contributed by atoms with Gasteiger partial charge in [-0.05, 0) is 50.1 Å². The first-order valence-electron chi connectivity index (χ1n) is 6.57. The van der Waals surface area contributed by atoms with Crippen molar-refractivity contribution in [2.75, 3.05) is 0 Å². The maximum absolute atomic E-state index is 3.20. The van der Waals surface area contributed by atoms with Gasteiger partial charge in [0.05, 0.1) is 0 Å². The second-order valence-corrected chi connectivity index (χ2v) is 4.59. The molecule has 2 rings (SSSR count). The van der Waals surface area contributed by atoms with Crippen molar-refractivity contribution in [1.82, 2.24) is 0 Å². The quantitative estimate of drug-likeness (QED) is 0.540. The van der Waals surface area contributed by atoms with Gasteiger partial charge in [0, 0.05) is 11.1 Å². The predicted octanol–water partition coefficient (Wildman–Crippen LogP) is 4.51. The molecule has 0 amide bonds. The molecule has 0 saturated heterocycles. The van der Waals surface area contributed by atoms with Crippen LogP contribution in [0.4, 0.5) is 0 Å². The van der Waals surface area contributed by atoms with Crippen LogP contribution in [-0.4, -0.2) is 0 Å². The first kappa shape index (κ1) is 13.2. The van der Waals surface area contributed by atoms with E-state index in [1.807, 2.05) is 6.92 Å². The molecule has 0 saturated carbocycles. The van der Waals surface area contributed by atoms with Gasteiger partial charge in [-0.1, -0.05) is 53.8 Å². The van der Waals surface area contributed by atoms with Crippen molar-refractivity contribution in [1.29, 1.82) is 0 Å². The first-order chi connectivity index (χ1) is 9.28. The summed E-state index contributed by atoms with van der Waals surface area (Å²) in [5, 5.41) is 0. The molecule has 0 aliphatic rings. The van der Waals surface area contributed by atoms with E-state index in [4.69, 9.17) is 0 Å². The highest BCUT2D eigenvalue weighted by molar-refractivity contribution is 5.44. The Bertz CT molecular complexity index is 602. The van der Waals surface area contributed by atoms with Crippen LogP contribution in [0.1, 0.15) is 29.2 Å². The minimum atomic E-state index is 0.988. The summed E-state index contributed by atoms with van der Waals surface area (Å²) in [7, 11) is 0. The Morgan fingerprint density at radius 2 is 1.37 bits per heavy atom. The van der Waals surface area contributed by atoms with Crippen LogP contribution >= 0.6 is 0 Å². The molecule has 0 heteroatoms. The highest BCUT2D eigenvalue weighted by Gasteiger charge is 1.90. The SMILES string of the molecule is CC=CCc1ccc(C#Cc2ccc(C)cc2)cc1. The van der Waals surface area contributed by atoms with Crippen molar-refractivity contribution < 1.29 is 0 Å². The van der Waals surface area contributed by atoms with E-state index in [0.29, 0.717) is 0 Å². The van der Waals surface area contributed by atoms with Crippen molar-refractivity contribution in [3.63, 3.8) is 0 Å². The van der Waals surface area contributed by atoms with Crippen molar-refractivity contribution in [2.24, 2.45) is 0 Å². The summed E-state index contributed by atoms with van der Waals surface area (Å²) in [6.07, 6.45) is 5.22. The largest absolute Gasteiger partial charge is 0.0913 e. The molecule has 0 heterocycles. The average molecular weight is 246 g/mol. The number of allylic oxidation sites excluding steroid dienone is 2. The molecule has 0 fully saturated rings. The highest BCUT2D eigenvalue weighted by Crippen LogP contribution is 2.06. The number of hydrogen-bond acceptors (Lipinski definition) is 0. The summed E-state index contributed by atoms with van der Waals surface area (Å²) >= 11 is 0. The molecule has 0 bridgehead atoms. The van der Waals surface area contributed by atoms with Crippen molar-refractivity contribution in [3.8, 4) is 11.8 Å². The molecule has 0 aliphatic carbocycles. The molecule has 0 aromatic heterocycles. The molecule has 2 aromatic carbocycles. The Kier molecular flexibility index (Phi) is 4.59. The lowest BCUT2D eigenvalue weighted by molar-refractivity contribution is 1.26. The van der Waals surface area contributed by atoms with E-state index in [1.165, 1.54) is 11.1 Å². The van der Waals surface area contributed by atoms with E-state index in [2.05, 4.69) is 79.4 Å². The molecular formula is C19H18. The van der Waals surface area contributed by atoms with Gasteiger partial charge in [0.15, 0.2) is 0 Å². The fraction of sp³-hybridized carbons (Fsp3) is 0.158. The van der Waals surface area contributed by atoms with Crippen LogP contribution in [0.5, 0.6) is 0 Å². The molecule has 0 unspecified atom stereocenters. The summed E-state index contributed by atoms with van der Waals surface area (Å²) in [5.41, 5.74) is 4.70. The van der Waals surface area contributed by atoms with Gasteiger partial charge >= 0.3 is 0 Å². The van der Waals surface area contributed by atoms with Gasteiger partial charge in [0.2, 0.25) is 0 Å². The van der Waals surface area contributed by atoms with Crippen LogP contribution in [-0.2, 0) is 6.42 Å². The summed E-state index contributed by atoms with van der Waals surface area (Å²) in [4.78, 5) is 0. The van der Waals surface area contributed by atoms with Gasteiger partial charge in [-0.2, -0.15) is 0 Å². The first-order valence-corrected chi connectivity index (χ1v) is 6.57. The number of hydrogen-bond donors (Lipinski definition) is 0. The Labute approximate surface area is 115 Å². The van der Waals surface area contributed by atoms with E-state index >= 15 is 0 Å². The highest BCUT2D eigenvalue weighted by atomic mass is 14.0. The second kappa shape index (κ2) is 6.61. The lowest BCUT2D eigenvalue weighted by atomic mass is 10.1. The van der Waals surface area contributed by atoms with E-state index in [1.54, 1.807) is 0 Å². The van der Waals surface area contributed by atoms with Gasteiger partial charge in [0.1, 0.15) is 0 Å². The standard InChI is InChI=1S/C19H18/c1-3-4-5-17-10-12-19(13-11-17)15-14-18-8-6-16(2)7-9-18/h3-4,6-13H,5H2,1-2H3. The zero-order valence-electron chi connectivity index (χ0n) is 11.5. The Hall–Kier alpha value is -2.26. The van der Waals surface area contributed by atoms with E-state index in [0.717, 1.165) is 17.5 Å². The zero-order chi connectivity index (χ0) is 13.5. The molecule has 0 N–H and O–H groups in total.